The minimum Gasteiger partial charge on any atom is -0.474 e. The van der Waals surface area contributed by atoms with Gasteiger partial charge in [-0.25, -0.2) is 9.97 Å². The van der Waals surface area contributed by atoms with Gasteiger partial charge in [-0.15, -0.1) is 11.3 Å². The molecule has 146 valence electrons. The van der Waals surface area contributed by atoms with Gasteiger partial charge in [0.25, 0.3) is 5.91 Å². The Hall–Kier alpha value is -2.51. The molecular formula is C20H21ClN4O2S. The zero-order valence-corrected chi connectivity index (χ0v) is 17.3. The monoisotopic (exact) mass is 416 g/mol. The lowest BCUT2D eigenvalue weighted by Gasteiger charge is -2.11. The van der Waals surface area contributed by atoms with Crippen LogP contribution in [0.5, 0.6) is 5.88 Å². The van der Waals surface area contributed by atoms with Crippen molar-refractivity contribution >= 4 is 28.8 Å². The lowest BCUT2D eigenvalue weighted by Crippen LogP contribution is -2.25. The molecule has 0 aliphatic carbocycles. The van der Waals surface area contributed by atoms with E-state index in [1.54, 1.807) is 29.8 Å². The number of aryl methyl sites for hydroxylation is 1. The number of carbonyl (C=O) groups excluding carboxylic acids is 1. The highest BCUT2D eigenvalue weighted by atomic mass is 35.5. The summed E-state index contributed by atoms with van der Waals surface area (Å²) in [5.41, 5.74) is 2.42. The number of amides is 1. The van der Waals surface area contributed by atoms with Gasteiger partial charge in [-0.3, -0.25) is 9.78 Å². The molecule has 0 aliphatic rings. The molecule has 6 nitrogen and oxygen atoms in total. The summed E-state index contributed by atoms with van der Waals surface area (Å²) < 4.78 is 5.48. The van der Waals surface area contributed by atoms with Crippen molar-refractivity contribution in [1.29, 1.82) is 0 Å². The summed E-state index contributed by atoms with van der Waals surface area (Å²) in [6.07, 6.45) is 6.55. The summed E-state index contributed by atoms with van der Waals surface area (Å²) in [5, 5.41) is 6.29. The van der Waals surface area contributed by atoms with Gasteiger partial charge in [-0.05, 0) is 38.5 Å². The third-order valence-electron chi connectivity index (χ3n) is 3.80. The van der Waals surface area contributed by atoms with Crippen LogP contribution in [0.25, 0.3) is 11.3 Å². The molecule has 3 aromatic rings. The molecule has 0 aliphatic heterocycles. The molecule has 0 fully saturated rings. The van der Waals surface area contributed by atoms with Crippen LogP contribution >= 0.6 is 22.9 Å². The van der Waals surface area contributed by atoms with Gasteiger partial charge in [-0.2, -0.15) is 0 Å². The second kappa shape index (κ2) is 9.61. The van der Waals surface area contributed by atoms with Gasteiger partial charge in [-0.1, -0.05) is 11.6 Å². The van der Waals surface area contributed by atoms with Crippen molar-refractivity contribution in [3.63, 3.8) is 0 Å². The predicted octanol–water partition coefficient (Wildman–Crippen LogP) is 4.40. The molecule has 0 atom stereocenters. The first kappa shape index (κ1) is 20.2. The molecule has 1 N–H and O–H groups in total. The number of hydrogen-bond donors (Lipinski definition) is 1. The largest absolute Gasteiger partial charge is 0.474 e. The number of nitrogens with one attached hydrogen (secondary N) is 1. The quantitative estimate of drug-likeness (QED) is 0.550. The number of thiazole rings is 1. The molecule has 0 aromatic carbocycles. The summed E-state index contributed by atoms with van der Waals surface area (Å²) in [5.74, 6) is 0.129. The minimum atomic E-state index is -0.206. The number of rotatable bonds is 8. The van der Waals surface area contributed by atoms with Crippen molar-refractivity contribution in [2.75, 3.05) is 6.54 Å². The van der Waals surface area contributed by atoms with Gasteiger partial charge in [0.1, 0.15) is 5.02 Å². The molecule has 0 bridgehead atoms. The molecular weight excluding hydrogens is 396 g/mol. The maximum Gasteiger partial charge on any atom is 0.252 e. The smallest absolute Gasteiger partial charge is 0.252 e. The maximum atomic E-state index is 12.3. The highest BCUT2D eigenvalue weighted by Crippen LogP contribution is 2.24. The fourth-order valence-electron chi connectivity index (χ4n) is 2.48. The molecule has 3 rings (SSSR count). The first-order valence-electron chi connectivity index (χ1n) is 8.98. The lowest BCUT2D eigenvalue weighted by atomic mass is 10.2. The van der Waals surface area contributed by atoms with E-state index in [-0.39, 0.29) is 12.0 Å². The Balaban J connectivity index is 1.47. The van der Waals surface area contributed by atoms with Gasteiger partial charge in [0.05, 0.1) is 22.4 Å². The van der Waals surface area contributed by atoms with Crippen molar-refractivity contribution in [2.24, 2.45) is 0 Å². The summed E-state index contributed by atoms with van der Waals surface area (Å²) in [6.45, 7) is 4.33. The van der Waals surface area contributed by atoms with Crippen molar-refractivity contribution < 1.29 is 9.53 Å². The van der Waals surface area contributed by atoms with E-state index < -0.39 is 0 Å². The van der Waals surface area contributed by atoms with Crippen LogP contribution in [0.4, 0.5) is 0 Å². The number of carbonyl (C=O) groups is 1. The zero-order valence-electron chi connectivity index (χ0n) is 15.7. The molecule has 3 heterocycles. The zero-order chi connectivity index (χ0) is 19.9. The number of halogens is 1. The Morgan fingerprint density at radius 1 is 1.32 bits per heavy atom. The highest BCUT2D eigenvalue weighted by molar-refractivity contribution is 7.09. The Labute approximate surface area is 173 Å². The van der Waals surface area contributed by atoms with E-state index in [1.807, 2.05) is 31.4 Å². The number of ether oxygens (including phenoxy) is 1. The van der Waals surface area contributed by atoms with Crippen LogP contribution in [0.1, 0.15) is 35.6 Å². The molecule has 0 saturated carbocycles. The lowest BCUT2D eigenvalue weighted by molar-refractivity contribution is 0.0952. The molecule has 0 unspecified atom stereocenters. The van der Waals surface area contributed by atoms with E-state index in [9.17, 15) is 4.79 Å². The van der Waals surface area contributed by atoms with Gasteiger partial charge in [0.15, 0.2) is 0 Å². The van der Waals surface area contributed by atoms with E-state index in [1.165, 1.54) is 6.20 Å². The van der Waals surface area contributed by atoms with Gasteiger partial charge in [0, 0.05) is 42.5 Å². The Bertz CT molecular complexity index is 931. The average molecular weight is 417 g/mol. The van der Waals surface area contributed by atoms with E-state index in [2.05, 4.69) is 20.3 Å². The van der Waals surface area contributed by atoms with Crippen molar-refractivity contribution in [1.82, 2.24) is 20.3 Å². The number of pyridine rings is 2. The average Bonchev–Trinajstić information content (AvgIpc) is 3.16. The first-order valence-corrected chi connectivity index (χ1v) is 10.2. The molecule has 8 heteroatoms. The van der Waals surface area contributed by atoms with E-state index >= 15 is 0 Å². The van der Waals surface area contributed by atoms with Gasteiger partial charge >= 0.3 is 0 Å². The number of aromatic nitrogens is 3. The summed E-state index contributed by atoms with van der Waals surface area (Å²) in [7, 11) is 0. The van der Waals surface area contributed by atoms with Crippen molar-refractivity contribution in [3.05, 3.63) is 57.8 Å². The van der Waals surface area contributed by atoms with E-state index in [0.29, 0.717) is 23.0 Å². The SMILES string of the molecule is CC(C)Oc1ncc(C(=O)NCCCc2nc(-c3ccncc3)cs2)cc1Cl. The highest BCUT2D eigenvalue weighted by Gasteiger charge is 2.12. The molecule has 28 heavy (non-hydrogen) atoms. The first-order chi connectivity index (χ1) is 13.5. The number of nitrogens with zero attached hydrogens (tertiary/aromatic N) is 3. The van der Waals surface area contributed by atoms with Crippen LogP contribution in [-0.4, -0.2) is 33.5 Å². The fraction of sp³-hybridized carbons (Fsp3) is 0.300. The second-order valence-corrected chi connectivity index (χ2v) is 7.75. The Morgan fingerprint density at radius 2 is 2.11 bits per heavy atom. The summed E-state index contributed by atoms with van der Waals surface area (Å²) in [4.78, 5) is 25.0. The van der Waals surface area contributed by atoms with Crippen LogP contribution in [-0.2, 0) is 6.42 Å². The predicted molar refractivity (Wildman–Crippen MR) is 111 cm³/mol. The number of hydrogen-bond acceptors (Lipinski definition) is 6. The molecule has 3 aromatic heterocycles. The summed E-state index contributed by atoms with van der Waals surface area (Å²) >= 11 is 7.76. The second-order valence-electron chi connectivity index (χ2n) is 6.40. The Kier molecular flexibility index (Phi) is 6.95. The van der Waals surface area contributed by atoms with E-state index in [0.717, 1.165) is 29.1 Å². The van der Waals surface area contributed by atoms with Gasteiger partial charge < -0.3 is 10.1 Å². The summed E-state index contributed by atoms with van der Waals surface area (Å²) in [6, 6.07) is 5.45. The minimum absolute atomic E-state index is 0.0328. The topological polar surface area (TPSA) is 77.0 Å². The van der Waals surface area contributed by atoms with Crippen LogP contribution in [0.3, 0.4) is 0 Å². The maximum absolute atomic E-state index is 12.3. The third kappa shape index (κ3) is 5.50. The molecule has 0 spiro atoms. The van der Waals surface area contributed by atoms with Crippen molar-refractivity contribution in [3.8, 4) is 17.1 Å². The van der Waals surface area contributed by atoms with Crippen LogP contribution < -0.4 is 10.1 Å². The molecule has 0 radical (unpaired) electrons. The van der Waals surface area contributed by atoms with Crippen molar-refractivity contribution in [2.45, 2.75) is 32.8 Å². The molecule has 1 amide bonds. The molecule has 0 saturated heterocycles. The fourth-order valence-corrected chi connectivity index (χ4v) is 3.54. The standard InChI is InChI=1S/C20H21ClN4O2S/c1-13(2)27-20-16(21)10-15(11-24-20)19(26)23-7-3-4-18-25-17(12-28-18)14-5-8-22-9-6-14/h5-6,8-13H,3-4,7H2,1-2H3,(H,23,26). The van der Waals surface area contributed by atoms with E-state index in [4.69, 9.17) is 16.3 Å². The third-order valence-corrected chi connectivity index (χ3v) is 4.98. The van der Waals surface area contributed by atoms with Crippen LogP contribution in [0, 0.1) is 0 Å². The van der Waals surface area contributed by atoms with Gasteiger partial charge in [0.2, 0.25) is 5.88 Å². The Morgan fingerprint density at radius 3 is 2.82 bits per heavy atom. The normalized spacial score (nSPS) is 10.9. The van der Waals surface area contributed by atoms with Crippen LogP contribution in [0.2, 0.25) is 5.02 Å². The van der Waals surface area contributed by atoms with Crippen LogP contribution in [0.15, 0.2) is 42.2 Å².